The van der Waals surface area contributed by atoms with Gasteiger partial charge >= 0.3 is 6.09 Å². The van der Waals surface area contributed by atoms with E-state index in [2.05, 4.69) is 10.3 Å². The third kappa shape index (κ3) is 2.17. The summed E-state index contributed by atoms with van der Waals surface area (Å²) >= 11 is 0. The van der Waals surface area contributed by atoms with Gasteiger partial charge in [0.1, 0.15) is 6.17 Å². The van der Waals surface area contributed by atoms with Crippen molar-refractivity contribution >= 4 is 12.0 Å². The number of aromatic nitrogens is 2. The number of imidazole rings is 1. The molecule has 1 aromatic rings. The van der Waals surface area contributed by atoms with Gasteiger partial charge in [0.25, 0.3) is 0 Å². The maximum atomic E-state index is 13.6. The molecular weight excluding hydrogens is 227 g/mol. The van der Waals surface area contributed by atoms with Gasteiger partial charge in [0.2, 0.25) is 5.95 Å². The standard InChI is InChI=1S/C10H15FN4O2/c1-6-3-12-9(14(6)2)15-4-7(11)8(5-15)13-10(16)17/h3,7-8,13H,4-5H2,1-2H3,(H,16,17)/t7-,8-/m0/s1. The van der Waals surface area contributed by atoms with E-state index in [4.69, 9.17) is 5.11 Å². The zero-order valence-corrected chi connectivity index (χ0v) is 9.72. The minimum Gasteiger partial charge on any atom is -0.465 e. The summed E-state index contributed by atoms with van der Waals surface area (Å²) in [7, 11) is 1.85. The average Bonchev–Trinajstić information content (AvgIpc) is 2.73. The molecule has 0 aliphatic carbocycles. The molecule has 2 atom stereocenters. The average molecular weight is 242 g/mol. The zero-order valence-electron chi connectivity index (χ0n) is 9.72. The van der Waals surface area contributed by atoms with Gasteiger partial charge in [-0.1, -0.05) is 0 Å². The van der Waals surface area contributed by atoms with Gasteiger partial charge in [0, 0.05) is 19.3 Å². The normalized spacial score (nSPS) is 24.1. The number of hydrogen-bond donors (Lipinski definition) is 2. The van der Waals surface area contributed by atoms with Crippen LogP contribution in [0.25, 0.3) is 0 Å². The van der Waals surface area contributed by atoms with Gasteiger partial charge in [-0.25, -0.2) is 14.2 Å². The van der Waals surface area contributed by atoms with Crippen molar-refractivity contribution in [3.05, 3.63) is 11.9 Å². The van der Waals surface area contributed by atoms with Crippen molar-refractivity contribution in [2.24, 2.45) is 7.05 Å². The maximum Gasteiger partial charge on any atom is 0.405 e. The van der Waals surface area contributed by atoms with Gasteiger partial charge in [0.15, 0.2) is 0 Å². The molecule has 17 heavy (non-hydrogen) atoms. The lowest BCUT2D eigenvalue weighted by Crippen LogP contribution is -2.40. The summed E-state index contributed by atoms with van der Waals surface area (Å²) in [6.07, 6.45) is -0.695. The lowest BCUT2D eigenvalue weighted by molar-refractivity contribution is 0.183. The molecule has 6 nitrogen and oxygen atoms in total. The number of anilines is 1. The Bertz CT molecular complexity index is 434. The van der Waals surface area contributed by atoms with Crippen LogP contribution in [0.15, 0.2) is 6.20 Å². The van der Waals surface area contributed by atoms with Crippen molar-refractivity contribution in [3.63, 3.8) is 0 Å². The molecule has 0 spiro atoms. The third-order valence-corrected chi connectivity index (χ3v) is 3.04. The molecule has 94 valence electrons. The molecule has 1 aromatic heterocycles. The molecule has 1 aliphatic heterocycles. The lowest BCUT2D eigenvalue weighted by atomic mass is 10.2. The number of carbonyl (C=O) groups is 1. The summed E-state index contributed by atoms with van der Waals surface area (Å²) in [5.41, 5.74) is 0.977. The second-order valence-electron chi connectivity index (χ2n) is 4.24. The quantitative estimate of drug-likeness (QED) is 0.793. The van der Waals surface area contributed by atoms with Gasteiger partial charge < -0.3 is 19.9 Å². The van der Waals surface area contributed by atoms with E-state index in [9.17, 15) is 9.18 Å². The summed E-state index contributed by atoms with van der Waals surface area (Å²) in [6, 6.07) is -0.690. The van der Waals surface area contributed by atoms with E-state index >= 15 is 0 Å². The Balaban J connectivity index is 2.11. The Labute approximate surface area is 98.0 Å². The molecule has 1 aliphatic rings. The van der Waals surface area contributed by atoms with Gasteiger partial charge in [-0.05, 0) is 6.92 Å². The highest BCUT2D eigenvalue weighted by atomic mass is 19.1. The first-order valence-electron chi connectivity index (χ1n) is 5.36. The van der Waals surface area contributed by atoms with Crippen LogP contribution in [0.1, 0.15) is 5.69 Å². The number of halogens is 1. The van der Waals surface area contributed by atoms with Crippen molar-refractivity contribution < 1.29 is 14.3 Å². The summed E-state index contributed by atoms with van der Waals surface area (Å²) in [5.74, 6) is 0.667. The number of carboxylic acid groups (broad SMARTS) is 1. The monoisotopic (exact) mass is 242 g/mol. The molecule has 0 unspecified atom stereocenters. The van der Waals surface area contributed by atoms with Crippen molar-refractivity contribution in [1.82, 2.24) is 14.9 Å². The van der Waals surface area contributed by atoms with Crippen LogP contribution in [-0.4, -0.2) is 46.1 Å². The summed E-state index contributed by atoms with van der Waals surface area (Å²) < 4.78 is 15.5. The topological polar surface area (TPSA) is 70.4 Å². The number of aryl methyl sites for hydroxylation is 1. The molecule has 7 heteroatoms. The van der Waals surface area contributed by atoms with Crippen LogP contribution in [0.5, 0.6) is 0 Å². The Hall–Kier alpha value is -1.79. The largest absolute Gasteiger partial charge is 0.465 e. The van der Waals surface area contributed by atoms with Gasteiger partial charge in [0.05, 0.1) is 18.8 Å². The SMILES string of the molecule is Cc1cnc(N2C[C@H](NC(=O)O)[C@@H](F)C2)n1C. The summed E-state index contributed by atoms with van der Waals surface area (Å²) in [5, 5.41) is 10.8. The smallest absolute Gasteiger partial charge is 0.405 e. The highest BCUT2D eigenvalue weighted by Crippen LogP contribution is 2.21. The molecule has 2 rings (SSSR count). The predicted octanol–water partition coefficient (Wildman–Crippen LogP) is 0.523. The predicted molar refractivity (Wildman–Crippen MR) is 60.0 cm³/mol. The first kappa shape index (κ1) is 11.7. The Morgan fingerprint density at radius 3 is 2.88 bits per heavy atom. The van der Waals surface area contributed by atoms with Crippen LogP contribution >= 0.6 is 0 Å². The van der Waals surface area contributed by atoms with Crippen molar-refractivity contribution in [2.45, 2.75) is 19.1 Å². The van der Waals surface area contributed by atoms with E-state index in [1.807, 2.05) is 18.5 Å². The molecular formula is C10H15FN4O2. The molecule has 1 amide bonds. The Morgan fingerprint density at radius 2 is 2.35 bits per heavy atom. The third-order valence-electron chi connectivity index (χ3n) is 3.04. The van der Waals surface area contributed by atoms with Crippen molar-refractivity contribution in [3.8, 4) is 0 Å². The molecule has 2 heterocycles. The van der Waals surface area contributed by atoms with Crippen LogP contribution in [0, 0.1) is 6.92 Å². The van der Waals surface area contributed by atoms with E-state index in [1.54, 1.807) is 11.1 Å². The van der Waals surface area contributed by atoms with Crippen molar-refractivity contribution in [2.75, 3.05) is 18.0 Å². The van der Waals surface area contributed by atoms with Crippen LogP contribution in [0.3, 0.4) is 0 Å². The summed E-state index contributed by atoms with van der Waals surface area (Å²) in [6.45, 7) is 2.37. The molecule has 0 saturated carbocycles. The van der Waals surface area contributed by atoms with E-state index in [-0.39, 0.29) is 6.54 Å². The minimum atomic E-state index is -1.21. The number of nitrogens with zero attached hydrogens (tertiary/aromatic N) is 3. The van der Waals surface area contributed by atoms with Gasteiger partial charge in [-0.3, -0.25) is 0 Å². The number of alkyl halides is 1. The van der Waals surface area contributed by atoms with E-state index in [0.29, 0.717) is 12.5 Å². The van der Waals surface area contributed by atoms with Crippen LogP contribution in [0.2, 0.25) is 0 Å². The highest BCUT2D eigenvalue weighted by Gasteiger charge is 2.35. The maximum absolute atomic E-state index is 13.6. The van der Waals surface area contributed by atoms with Crippen LogP contribution in [0.4, 0.5) is 15.1 Å². The van der Waals surface area contributed by atoms with Gasteiger partial charge in [-0.2, -0.15) is 0 Å². The lowest BCUT2D eigenvalue weighted by Gasteiger charge is -2.17. The van der Waals surface area contributed by atoms with Crippen LogP contribution in [-0.2, 0) is 7.05 Å². The second kappa shape index (κ2) is 4.23. The summed E-state index contributed by atoms with van der Waals surface area (Å²) in [4.78, 5) is 16.4. The van der Waals surface area contributed by atoms with E-state index in [0.717, 1.165) is 5.69 Å². The molecule has 0 aromatic carbocycles. The fraction of sp³-hybridized carbons (Fsp3) is 0.600. The van der Waals surface area contributed by atoms with Crippen molar-refractivity contribution in [1.29, 1.82) is 0 Å². The molecule has 1 saturated heterocycles. The first-order chi connectivity index (χ1) is 7.99. The fourth-order valence-corrected chi connectivity index (χ4v) is 2.00. The first-order valence-corrected chi connectivity index (χ1v) is 5.36. The fourth-order valence-electron chi connectivity index (χ4n) is 2.00. The molecule has 0 bridgehead atoms. The minimum absolute atomic E-state index is 0.162. The van der Waals surface area contributed by atoms with E-state index < -0.39 is 18.3 Å². The van der Waals surface area contributed by atoms with Crippen LogP contribution < -0.4 is 10.2 Å². The number of hydrogen-bond acceptors (Lipinski definition) is 3. The molecule has 0 radical (unpaired) electrons. The zero-order chi connectivity index (χ0) is 12.6. The highest BCUT2D eigenvalue weighted by molar-refractivity contribution is 5.65. The van der Waals surface area contributed by atoms with Gasteiger partial charge in [-0.15, -0.1) is 0 Å². The Kier molecular flexibility index (Phi) is 2.91. The molecule has 1 fully saturated rings. The molecule has 2 N–H and O–H groups in total. The second-order valence-corrected chi connectivity index (χ2v) is 4.24. The number of rotatable bonds is 2. The number of nitrogens with one attached hydrogen (secondary N) is 1. The number of amides is 1. The van der Waals surface area contributed by atoms with E-state index in [1.165, 1.54) is 0 Å². The Morgan fingerprint density at radius 1 is 1.65 bits per heavy atom.